The molecule has 0 bridgehead atoms. The van der Waals surface area contributed by atoms with Crippen LogP contribution in [0.2, 0.25) is 0 Å². The van der Waals surface area contributed by atoms with Crippen LogP contribution in [-0.2, 0) is 4.79 Å². The van der Waals surface area contributed by atoms with Gasteiger partial charge in [-0.3, -0.25) is 9.69 Å². The predicted octanol–water partition coefficient (Wildman–Crippen LogP) is 0.729. The van der Waals surface area contributed by atoms with Crippen LogP contribution in [0.3, 0.4) is 0 Å². The number of carbonyl (C=O) groups excluding carboxylic acids is 1. The smallest absolute Gasteiger partial charge is 0.237 e. The third kappa shape index (κ3) is 3.42. The molecule has 2 saturated heterocycles. The Hall–Kier alpha value is -0.610. The number of hydrogen-bond acceptors (Lipinski definition) is 3. The van der Waals surface area contributed by atoms with Gasteiger partial charge in [0.05, 0.1) is 6.04 Å². The molecule has 0 radical (unpaired) electrons. The van der Waals surface area contributed by atoms with E-state index in [0.29, 0.717) is 6.04 Å². The third-order valence-electron chi connectivity index (χ3n) is 3.86. The average Bonchev–Trinajstić information content (AvgIpc) is 2.97. The summed E-state index contributed by atoms with van der Waals surface area (Å²) in [5.74, 6) is 0.240. The van der Waals surface area contributed by atoms with E-state index < -0.39 is 0 Å². The van der Waals surface area contributed by atoms with Crippen LogP contribution in [0.25, 0.3) is 0 Å². The van der Waals surface area contributed by atoms with E-state index in [4.69, 9.17) is 0 Å². The molecule has 2 aliphatic rings. The molecule has 2 N–H and O–H groups in total. The lowest BCUT2D eigenvalue weighted by atomic mass is 10.2. The number of hydrogen-bond donors (Lipinski definition) is 2. The highest BCUT2D eigenvalue weighted by Gasteiger charge is 2.30. The van der Waals surface area contributed by atoms with Gasteiger partial charge in [-0.25, -0.2) is 0 Å². The van der Waals surface area contributed by atoms with Crippen LogP contribution >= 0.6 is 0 Å². The molecule has 2 fully saturated rings. The molecule has 2 atom stereocenters. The van der Waals surface area contributed by atoms with Gasteiger partial charge in [-0.05, 0) is 51.7 Å². The number of amides is 1. The second kappa shape index (κ2) is 6.36. The maximum Gasteiger partial charge on any atom is 0.237 e. The van der Waals surface area contributed by atoms with Gasteiger partial charge in [0.2, 0.25) is 5.91 Å². The Morgan fingerprint density at radius 2 is 2.29 bits per heavy atom. The molecule has 2 heterocycles. The highest BCUT2D eigenvalue weighted by Crippen LogP contribution is 2.17. The molecule has 0 aromatic carbocycles. The lowest BCUT2D eigenvalue weighted by Crippen LogP contribution is -2.46. The second-order valence-corrected chi connectivity index (χ2v) is 5.23. The summed E-state index contributed by atoms with van der Waals surface area (Å²) in [6, 6.07) is 0.635. The van der Waals surface area contributed by atoms with E-state index in [2.05, 4.69) is 22.5 Å². The van der Waals surface area contributed by atoms with Crippen LogP contribution in [0.5, 0.6) is 0 Å². The first-order valence-electron chi connectivity index (χ1n) is 7.06. The van der Waals surface area contributed by atoms with E-state index in [1.54, 1.807) is 0 Å². The molecule has 0 saturated carbocycles. The first-order chi connectivity index (χ1) is 8.31. The van der Waals surface area contributed by atoms with Gasteiger partial charge in [-0.1, -0.05) is 6.92 Å². The minimum Gasteiger partial charge on any atom is -0.353 e. The summed E-state index contributed by atoms with van der Waals surface area (Å²) >= 11 is 0. The summed E-state index contributed by atoms with van der Waals surface area (Å²) in [5.41, 5.74) is 0. The maximum atomic E-state index is 12.1. The molecule has 2 aliphatic heterocycles. The van der Waals surface area contributed by atoms with Crippen molar-refractivity contribution in [2.24, 2.45) is 0 Å². The van der Waals surface area contributed by atoms with E-state index >= 15 is 0 Å². The van der Waals surface area contributed by atoms with E-state index in [1.165, 1.54) is 19.3 Å². The van der Waals surface area contributed by atoms with Crippen LogP contribution < -0.4 is 10.6 Å². The fourth-order valence-electron chi connectivity index (χ4n) is 2.95. The van der Waals surface area contributed by atoms with Gasteiger partial charge < -0.3 is 10.6 Å². The first-order valence-corrected chi connectivity index (χ1v) is 7.06. The Bertz CT molecular complexity index is 251. The number of rotatable bonds is 5. The zero-order valence-corrected chi connectivity index (χ0v) is 10.9. The molecule has 0 aromatic rings. The van der Waals surface area contributed by atoms with Crippen molar-refractivity contribution in [1.29, 1.82) is 0 Å². The van der Waals surface area contributed by atoms with E-state index in [0.717, 1.165) is 39.0 Å². The van der Waals surface area contributed by atoms with Gasteiger partial charge in [-0.15, -0.1) is 0 Å². The van der Waals surface area contributed by atoms with Crippen LogP contribution in [0.1, 0.15) is 39.0 Å². The van der Waals surface area contributed by atoms with Crippen molar-refractivity contribution in [3.05, 3.63) is 0 Å². The Kier molecular flexibility index (Phi) is 4.80. The Balaban J connectivity index is 1.74. The van der Waals surface area contributed by atoms with Gasteiger partial charge in [0.15, 0.2) is 0 Å². The molecule has 4 heteroatoms. The van der Waals surface area contributed by atoms with Gasteiger partial charge in [0.25, 0.3) is 0 Å². The zero-order chi connectivity index (χ0) is 12.1. The van der Waals surface area contributed by atoms with Crippen LogP contribution in [0.15, 0.2) is 0 Å². The summed E-state index contributed by atoms with van der Waals surface area (Å²) in [6.45, 7) is 6.23. The minimum absolute atomic E-state index is 0.136. The molecular formula is C13H25N3O. The van der Waals surface area contributed by atoms with Crippen molar-refractivity contribution in [1.82, 2.24) is 15.5 Å². The lowest BCUT2D eigenvalue weighted by molar-refractivity contribution is -0.125. The number of carbonyl (C=O) groups is 1. The van der Waals surface area contributed by atoms with Crippen molar-refractivity contribution in [2.75, 3.05) is 26.2 Å². The van der Waals surface area contributed by atoms with Crippen molar-refractivity contribution < 1.29 is 4.79 Å². The van der Waals surface area contributed by atoms with E-state index in [9.17, 15) is 4.79 Å². The largest absolute Gasteiger partial charge is 0.353 e. The monoisotopic (exact) mass is 239 g/mol. The zero-order valence-electron chi connectivity index (χ0n) is 10.9. The highest BCUT2D eigenvalue weighted by molar-refractivity contribution is 5.82. The molecule has 17 heavy (non-hydrogen) atoms. The molecule has 98 valence electrons. The summed E-state index contributed by atoms with van der Waals surface area (Å²) in [7, 11) is 0. The minimum atomic E-state index is 0.136. The normalized spacial score (nSPS) is 29.7. The Morgan fingerprint density at radius 1 is 1.41 bits per heavy atom. The van der Waals surface area contributed by atoms with Gasteiger partial charge >= 0.3 is 0 Å². The quantitative estimate of drug-likeness (QED) is 0.743. The van der Waals surface area contributed by atoms with Gasteiger partial charge in [-0.2, -0.15) is 0 Å². The highest BCUT2D eigenvalue weighted by atomic mass is 16.2. The molecule has 0 aromatic heterocycles. The standard InChI is InChI=1S/C13H25N3O/c1-2-8-16-9-4-6-12(16)13(17)15-10-11-5-3-7-14-11/h11-12,14H,2-10H2,1H3,(H,15,17). The molecule has 1 amide bonds. The average molecular weight is 239 g/mol. The maximum absolute atomic E-state index is 12.1. The van der Waals surface area contributed by atoms with Crippen LogP contribution in [-0.4, -0.2) is 49.1 Å². The molecule has 0 spiro atoms. The number of likely N-dealkylation sites (tertiary alicyclic amines) is 1. The topological polar surface area (TPSA) is 44.4 Å². The number of nitrogens with zero attached hydrogens (tertiary/aromatic N) is 1. The lowest BCUT2D eigenvalue weighted by Gasteiger charge is -2.23. The summed E-state index contributed by atoms with van der Waals surface area (Å²) in [4.78, 5) is 14.4. The van der Waals surface area contributed by atoms with Crippen LogP contribution in [0.4, 0.5) is 0 Å². The van der Waals surface area contributed by atoms with Crippen molar-refractivity contribution >= 4 is 5.91 Å². The number of nitrogens with one attached hydrogen (secondary N) is 2. The fourth-order valence-corrected chi connectivity index (χ4v) is 2.95. The fraction of sp³-hybridized carbons (Fsp3) is 0.923. The summed E-state index contributed by atoms with van der Waals surface area (Å²) in [6.07, 6.45) is 5.77. The van der Waals surface area contributed by atoms with Gasteiger partial charge in [0, 0.05) is 12.6 Å². The van der Waals surface area contributed by atoms with Crippen LogP contribution in [0, 0.1) is 0 Å². The molecular weight excluding hydrogens is 214 g/mol. The summed E-state index contributed by atoms with van der Waals surface area (Å²) in [5, 5.41) is 6.52. The summed E-state index contributed by atoms with van der Waals surface area (Å²) < 4.78 is 0. The Morgan fingerprint density at radius 3 is 3.00 bits per heavy atom. The van der Waals surface area contributed by atoms with Crippen molar-refractivity contribution in [3.63, 3.8) is 0 Å². The van der Waals surface area contributed by atoms with Crippen molar-refractivity contribution in [3.8, 4) is 0 Å². The molecule has 4 nitrogen and oxygen atoms in total. The SMILES string of the molecule is CCCN1CCCC1C(=O)NCC1CCCN1. The van der Waals surface area contributed by atoms with Crippen molar-refractivity contribution in [2.45, 2.75) is 51.1 Å². The Labute approximate surface area is 104 Å². The van der Waals surface area contributed by atoms with Gasteiger partial charge in [0.1, 0.15) is 0 Å². The first kappa shape index (κ1) is 12.8. The predicted molar refractivity (Wildman–Crippen MR) is 68.9 cm³/mol. The molecule has 0 aliphatic carbocycles. The second-order valence-electron chi connectivity index (χ2n) is 5.23. The molecule has 2 unspecified atom stereocenters. The third-order valence-corrected chi connectivity index (χ3v) is 3.86. The molecule has 2 rings (SSSR count). The van der Waals surface area contributed by atoms with E-state index in [-0.39, 0.29) is 11.9 Å². The van der Waals surface area contributed by atoms with E-state index in [1.807, 2.05) is 0 Å².